The second kappa shape index (κ2) is 4.94. The number of hydrogen-bond donors (Lipinski definition) is 0. The molecule has 0 unspecified atom stereocenters. The zero-order valence-electron chi connectivity index (χ0n) is 7.52. The molecular formula is C9H16O2. The molecule has 0 radical (unpaired) electrons. The van der Waals surface area contributed by atoms with Gasteiger partial charge in [0.05, 0.1) is 13.0 Å². The van der Waals surface area contributed by atoms with Crippen LogP contribution in [0.4, 0.5) is 0 Å². The van der Waals surface area contributed by atoms with Crippen LogP contribution in [0.1, 0.15) is 27.2 Å². The quantitative estimate of drug-likeness (QED) is 0.460. The third-order valence-corrected chi connectivity index (χ3v) is 1.49. The maximum Gasteiger partial charge on any atom is 0.309 e. The monoisotopic (exact) mass is 156 g/mol. The summed E-state index contributed by atoms with van der Waals surface area (Å²) >= 11 is 0. The fourth-order valence-corrected chi connectivity index (χ4v) is 0.602. The zero-order valence-corrected chi connectivity index (χ0v) is 7.52. The van der Waals surface area contributed by atoms with Crippen molar-refractivity contribution in [2.24, 2.45) is 5.92 Å². The van der Waals surface area contributed by atoms with Gasteiger partial charge >= 0.3 is 5.97 Å². The van der Waals surface area contributed by atoms with Gasteiger partial charge in [0.2, 0.25) is 0 Å². The molecule has 0 fully saturated rings. The van der Waals surface area contributed by atoms with Crippen molar-refractivity contribution in [2.45, 2.75) is 27.2 Å². The lowest BCUT2D eigenvalue weighted by Gasteiger charge is -2.07. The minimum Gasteiger partial charge on any atom is -0.466 e. The molecule has 0 aromatic heterocycles. The first-order chi connectivity index (χ1) is 5.07. The molecule has 0 aromatic carbocycles. The van der Waals surface area contributed by atoms with E-state index in [1.165, 1.54) is 0 Å². The molecule has 0 spiro atoms. The first kappa shape index (κ1) is 10.2. The lowest BCUT2D eigenvalue weighted by Crippen LogP contribution is -2.07. The summed E-state index contributed by atoms with van der Waals surface area (Å²) < 4.78 is 4.76. The Morgan fingerprint density at radius 1 is 1.55 bits per heavy atom. The van der Waals surface area contributed by atoms with Crippen LogP contribution < -0.4 is 0 Å². The number of carbonyl (C=O) groups is 1. The summed E-state index contributed by atoms with van der Waals surface area (Å²) in [5, 5.41) is 0. The van der Waals surface area contributed by atoms with Crippen molar-refractivity contribution >= 4 is 5.97 Å². The summed E-state index contributed by atoms with van der Waals surface area (Å²) in [7, 11) is 0. The van der Waals surface area contributed by atoms with Crippen LogP contribution in [0.5, 0.6) is 0 Å². The highest BCUT2D eigenvalue weighted by molar-refractivity contribution is 5.72. The first-order valence-electron chi connectivity index (χ1n) is 3.91. The van der Waals surface area contributed by atoms with E-state index in [1.54, 1.807) is 6.92 Å². The molecule has 0 atom stereocenters. The van der Waals surface area contributed by atoms with Crippen molar-refractivity contribution in [3.05, 3.63) is 12.2 Å². The van der Waals surface area contributed by atoms with E-state index in [1.807, 2.05) is 13.8 Å². The van der Waals surface area contributed by atoms with Gasteiger partial charge in [0.15, 0.2) is 0 Å². The Morgan fingerprint density at radius 2 is 2.09 bits per heavy atom. The summed E-state index contributed by atoms with van der Waals surface area (Å²) in [6, 6.07) is 0. The van der Waals surface area contributed by atoms with Crippen LogP contribution in [0.15, 0.2) is 12.2 Å². The van der Waals surface area contributed by atoms with E-state index in [9.17, 15) is 4.79 Å². The number of ether oxygens (including phenoxy) is 1. The maximum absolute atomic E-state index is 10.9. The predicted octanol–water partition coefficient (Wildman–Crippen LogP) is 2.15. The third-order valence-electron chi connectivity index (χ3n) is 1.49. The molecule has 0 N–H and O–H groups in total. The van der Waals surface area contributed by atoms with Crippen LogP contribution in [-0.4, -0.2) is 12.6 Å². The van der Waals surface area contributed by atoms with Gasteiger partial charge < -0.3 is 4.74 Å². The minimum atomic E-state index is -0.175. The maximum atomic E-state index is 10.9. The fraction of sp³-hybridized carbons (Fsp3) is 0.667. The van der Waals surface area contributed by atoms with Crippen LogP contribution in [0.25, 0.3) is 0 Å². The van der Waals surface area contributed by atoms with Gasteiger partial charge in [-0.05, 0) is 12.8 Å². The van der Waals surface area contributed by atoms with Gasteiger partial charge in [0, 0.05) is 0 Å². The third kappa shape index (κ3) is 4.59. The van der Waals surface area contributed by atoms with E-state index in [-0.39, 0.29) is 5.97 Å². The average Bonchev–Trinajstić information content (AvgIpc) is 1.87. The summed E-state index contributed by atoms with van der Waals surface area (Å²) in [5.41, 5.74) is 0.934. The highest BCUT2D eigenvalue weighted by Gasteiger charge is 2.06. The Labute approximate surface area is 68.2 Å². The molecule has 0 aliphatic carbocycles. The number of rotatable bonds is 4. The van der Waals surface area contributed by atoms with Crippen LogP contribution in [-0.2, 0) is 9.53 Å². The van der Waals surface area contributed by atoms with Crippen LogP contribution >= 0.6 is 0 Å². The Morgan fingerprint density at radius 3 is 2.45 bits per heavy atom. The molecular weight excluding hydrogens is 140 g/mol. The molecule has 2 nitrogen and oxygen atoms in total. The van der Waals surface area contributed by atoms with Crippen LogP contribution in [0.3, 0.4) is 0 Å². The van der Waals surface area contributed by atoms with Gasteiger partial charge in [-0.25, -0.2) is 0 Å². The van der Waals surface area contributed by atoms with Crippen molar-refractivity contribution in [3.8, 4) is 0 Å². The molecule has 11 heavy (non-hydrogen) atoms. The lowest BCUT2D eigenvalue weighted by atomic mass is 10.0. The van der Waals surface area contributed by atoms with Crippen molar-refractivity contribution in [3.63, 3.8) is 0 Å². The Bertz CT molecular complexity index is 148. The van der Waals surface area contributed by atoms with Gasteiger partial charge in [-0.1, -0.05) is 26.0 Å². The molecule has 0 heterocycles. The summed E-state index contributed by atoms with van der Waals surface area (Å²) in [4.78, 5) is 10.9. The second-order valence-electron chi connectivity index (χ2n) is 2.79. The Balaban J connectivity index is 3.67. The highest BCUT2D eigenvalue weighted by atomic mass is 16.5. The number of esters is 1. The molecule has 0 saturated heterocycles. The predicted molar refractivity (Wildman–Crippen MR) is 45.2 cm³/mol. The van der Waals surface area contributed by atoms with E-state index in [0.29, 0.717) is 18.9 Å². The largest absolute Gasteiger partial charge is 0.466 e. The molecule has 0 bridgehead atoms. The van der Waals surface area contributed by atoms with Gasteiger partial charge in [-0.15, -0.1) is 0 Å². The second-order valence-corrected chi connectivity index (χ2v) is 2.79. The average molecular weight is 156 g/mol. The van der Waals surface area contributed by atoms with Gasteiger partial charge in [-0.3, -0.25) is 4.79 Å². The van der Waals surface area contributed by atoms with Crippen molar-refractivity contribution in [1.82, 2.24) is 0 Å². The van der Waals surface area contributed by atoms with E-state index in [0.717, 1.165) is 5.57 Å². The standard InChI is InChI=1S/C9H16O2/c1-5-11-9(10)6-8(4)7(2)3/h7H,4-6H2,1-3H3. The van der Waals surface area contributed by atoms with E-state index < -0.39 is 0 Å². The molecule has 64 valence electrons. The van der Waals surface area contributed by atoms with Gasteiger partial charge in [-0.2, -0.15) is 0 Å². The summed E-state index contributed by atoms with van der Waals surface area (Å²) in [5.74, 6) is 0.186. The van der Waals surface area contributed by atoms with E-state index >= 15 is 0 Å². The zero-order chi connectivity index (χ0) is 8.85. The topological polar surface area (TPSA) is 26.3 Å². The van der Waals surface area contributed by atoms with Crippen molar-refractivity contribution in [1.29, 1.82) is 0 Å². The fourth-order valence-electron chi connectivity index (χ4n) is 0.602. The highest BCUT2D eigenvalue weighted by Crippen LogP contribution is 2.11. The molecule has 2 heteroatoms. The minimum absolute atomic E-state index is 0.175. The van der Waals surface area contributed by atoms with Crippen molar-refractivity contribution in [2.75, 3.05) is 6.61 Å². The molecule has 0 saturated carbocycles. The first-order valence-corrected chi connectivity index (χ1v) is 3.91. The molecule has 0 aliphatic heterocycles. The number of carbonyl (C=O) groups excluding carboxylic acids is 1. The van der Waals surface area contributed by atoms with Crippen LogP contribution in [0, 0.1) is 5.92 Å². The summed E-state index contributed by atoms with van der Waals surface area (Å²) in [6.07, 6.45) is 0.353. The number of hydrogen-bond acceptors (Lipinski definition) is 2. The normalized spacial score (nSPS) is 9.82. The van der Waals surface area contributed by atoms with E-state index in [4.69, 9.17) is 4.74 Å². The van der Waals surface area contributed by atoms with Crippen molar-refractivity contribution < 1.29 is 9.53 Å². The lowest BCUT2D eigenvalue weighted by molar-refractivity contribution is -0.142. The molecule has 0 aromatic rings. The molecule has 0 aliphatic rings. The Hall–Kier alpha value is -0.790. The summed E-state index contributed by atoms with van der Waals surface area (Å²) in [6.45, 7) is 10.1. The van der Waals surface area contributed by atoms with Gasteiger partial charge in [0.25, 0.3) is 0 Å². The molecule has 0 amide bonds. The Kier molecular flexibility index (Phi) is 4.59. The van der Waals surface area contributed by atoms with Gasteiger partial charge in [0.1, 0.15) is 0 Å². The molecule has 0 rings (SSSR count). The van der Waals surface area contributed by atoms with Crippen LogP contribution in [0.2, 0.25) is 0 Å². The van der Waals surface area contributed by atoms with E-state index in [2.05, 4.69) is 6.58 Å². The SMILES string of the molecule is C=C(CC(=O)OCC)C(C)C. The smallest absolute Gasteiger partial charge is 0.309 e.